The fourth-order valence-electron chi connectivity index (χ4n) is 3.19. The number of nitrogens with zero attached hydrogens (tertiary/aromatic N) is 1. The number of aromatic hydroxyl groups is 1. The second kappa shape index (κ2) is 6.69. The van der Waals surface area contributed by atoms with Crippen molar-refractivity contribution >= 4 is 10.8 Å². The minimum atomic E-state index is -0.333. The number of hydrogen-bond acceptors (Lipinski definition) is 3. The molecule has 4 nitrogen and oxygen atoms in total. The Bertz CT molecular complexity index is 976. The van der Waals surface area contributed by atoms with Gasteiger partial charge in [-0.2, -0.15) is 0 Å². The molecular formula is C20H21FN2O2. The summed E-state index contributed by atoms with van der Waals surface area (Å²) in [5.41, 5.74) is 8.07. The largest absolute Gasteiger partial charge is 0.508 e. The maximum Gasteiger partial charge on any atom is 0.258 e. The standard InChI is InChI=1S/C20H21FN2O2/c1-12(2)11-23-18(10-22)19(13-3-5-14(21)6-4-13)17-9-15(24)7-8-16(17)20(23)25/h3-9,12,24H,10-11,22H2,1-2H3. The van der Waals surface area contributed by atoms with Crippen molar-refractivity contribution in [1.29, 1.82) is 0 Å². The lowest BCUT2D eigenvalue weighted by molar-refractivity contribution is 0.476. The molecule has 0 unspecified atom stereocenters. The van der Waals surface area contributed by atoms with Gasteiger partial charge in [0.15, 0.2) is 0 Å². The summed E-state index contributed by atoms with van der Waals surface area (Å²) in [7, 11) is 0. The maximum atomic E-state index is 13.4. The zero-order valence-electron chi connectivity index (χ0n) is 14.3. The van der Waals surface area contributed by atoms with Crippen LogP contribution in [0, 0.1) is 11.7 Å². The highest BCUT2D eigenvalue weighted by Gasteiger charge is 2.18. The Morgan fingerprint density at radius 2 is 1.80 bits per heavy atom. The predicted octanol–water partition coefficient (Wildman–Crippen LogP) is 3.63. The molecule has 3 N–H and O–H groups in total. The van der Waals surface area contributed by atoms with E-state index in [0.29, 0.717) is 23.0 Å². The summed E-state index contributed by atoms with van der Waals surface area (Å²) in [4.78, 5) is 13.0. The van der Waals surface area contributed by atoms with Crippen LogP contribution in [0.4, 0.5) is 4.39 Å². The Balaban J connectivity index is 2.46. The Hall–Kier alpha value is -2.66. The van der Waals surface area contributed by atoms with Gasteiger partial charge in [0.1, 0.15) is 11.6 Å². The van der Waals surface area contributed by atoms with E-state index in [1.54, 1.807) is 28.8 Å². The van der Waals surface area contributed by atoms with Gasteiger partial charge in [-0.1, -0.05) is 26.0 Å². The summed E-state index contributed by atoms with van der Waals surface area (Å²) in [5, 5.41) is 11.0. The number of halogens is 1. The lowest BCUT2D eigenvalue weighted by Gasteiger charge is -2.20. The summed E-state index contributed by atoms with van der Waals surface area (Å²) < 4.78 is 15.1. The average Bonchev–Trinajstić information content (AvgIpc) is 2.57. The molecule has 3 rings (SSSR count). The fraction of sp³-hybridized carbons (Fsp3) is 0.250. The molecule has 0 aliphatic carbocycles. The lowest BCUT2D eigenvalue weighted by Crippen LogP contribution is -2.28. The molecule has 0 atom stereocenters. The number of pyridine rings is 1. The van der Waals surface area contributed by atoms with Crippen molar-refractivity contribution < 1.29 is 9.50 Å². The van der Waals surface area contributed by atoms with Crippen molar-refractivity contribution in [3.63, 3.8) is 0 Å². The number of benzene rings is 2. The third kappa shape index (κ3) is 3.15. The van der Waals surface area contributed by atoms with E-state index < -0.39 is 0 Å². The second-order valence-electron chi connectivity index (χ2n) is 6.57. The molecule has 0 spiro atoms. The maximum absolute atomic E-state index is 13.4. The first-order valence-electron chi connectivity index (χ1n) is 8.26. The highest BCUT2D eigenvalue weighted by molar-refractivity contribution is 5.98. The van der Waals surface area contributed by atoms with Crippen LogP contribution in [0.15, 0.2) is 47.3 Å². The molecule has 3 aromatic rings. The van der Waals surface area contributed by atoms with Gasteiger partial charge in [0.05, 0.1) is 0 Å². The summed E-state index contributed by atoms with van der Waals surface area (Å²) in [6, 6.07) is 10.8. The first-order valence-corrected chi connectivity index (χ1v) is 8.26. The van der Waals surface area contributed by atoms with Crippen molar-refractivity contribution in [3.05, 3.63) is 64.3 Å². The fourth-order valence-corrected chi connectivity index (χ4v) is 3.19. The Morgan fingerprint density at radius 1 is 1.12 bits per heavy atom. The SMILES string of the molecule is CC(C)Cn1c(CN)c(-c2ccc(F)cc2)c2cc(O)ccc2c1=O. The van der Waals surface area contributed by atoms with Gasteiger partial charge in [0.25, 0.3) is 5.56 Å². The number of phenols is 1. The molecule has 0 fully saturated rings. The number of aromatic nitrogens is 1. The smallest absolute Gasteiger partial charge is 0.258 e. The Labute approximate surface area is 145 Å². The molecule has 0 radical (unpaired) electrons. The molecule has 0 saturated carbocycles. The highest BCUT2D eigenvalue weighted by Crippen LogP contribution is 2.33. The minimum absolute atomic E-state index is 0.0693. The van der Waals surface area contributed by atoms with E-state index in [0.717, 1.165) is 11.1 Å². The third-order valence-corrected chi connectivity index (χ3v) is 4.24. The monoisotopic (exact) mass is 340 g/mol. The van der Waals surface area contributed by atoms with Gasteiger partial charge in [-0.05, 0) is 41.8 Å². The molecule has 0 bridgehead atoms. The quantitative estimate of drug-likeness (QED) is 0.762. The summed E-state index contributed by atoms with van der Waals surface area (Å²) in [6.07, 6.45) is 0. The van der Waals surface area contributed by atoms with Crippen molar-refractivity contribution in [3.8, 4) is 16.9 Å². The van der Waals surface area contributed by atoms with Gasteiger partial charge < -0.3 is 15.4 Å². The number of rotatable bonds is 4. The zero-order chi connectivity index (χ0) is 18.1. The van der Waals surface area contributed by atoms with Gasteiger partial charge in [0.2, 0.25) is 0 Å². The first-order chi connectivity index (χ1) is 11.9. The van der Waals surface area contributed by atoms with Crippen molar-refractivity contribution in [1.82, 2.24) is 4.57 Å². The molecular weight excluding hydrogens is 319 g/mol. The molecule has 1 aromatic heterocycles. The van der Waals surface area contributed by atoms with Gasteiger partial charge >= 0.3 is 0 Å². The lowest BCUT2D eigenvalue weighted by atomic mass is 9.96. The Kier molecular flexibility index (Phi) is 4.59. The number of nitrogens with two attached hydrogens (primary N) is 1. The van der Waals surface area contributed by atoms with Crippen LogP contribution in [0.1, 0.15) is 19.5 Å². The van der Waals surface area contributed by atoms with E-state index >= 15 is 0 Å². The van der Waals surface area contributed by atoms with Crippen LogP contribution in [-0.4, -0.2) is 9.67 Å². The molecule has 2 aromatic carbocycles. The van der Waals surface area contributed by atoms with Gasteiger partial charge in [0, 0.05) is 35.1 Å². The van der Waals surface area contributed by atoms with E-state index in [-0.39, 0.29) is 29.6 Å². The van der Waals surface area contributed by atoms with E-state index in [9.17, 15) is 14.3 Å². The topological polar surface area (TPSA) is 68.2 Å². The van der Waals surface area contributed by atoms with Crippen LogP contribution in [0.5, 0.6) is 5.75 Å². The molecule has 0 aliphatic rings. The average molecular weight is 340 g/mol. The second-order valence-corrected chi connectivity index (χ2v) is 6.57. The number of phenolic OH excluding ortho intramolecular Hbond substituents is 1. The van der Waals surface area contributed by atoms with Crippen LogP contribution in [0.3, 0.4) is 0 Å². The van der Waals surface area contributed by atoms with Crippen LogP contribution >= 0.6 is 0 Å². The van der Waals surface area contributed by atoms with Crippen LogP contribution in [0.25, 0.3) is 21.9 Å². The third-order valence-electron chi connectivity index (χ3n) is 4.24. The van der Waals surface area contributed by atoms with E-state index in [1.807, 2.05) is 13.8 Å². The highest BCUT2D eigenvalue weighted by atomic mass is 19.1. The zero-order valence-corrected chi connectivity index (χ0v) is 14.3. The predicted molar refractivity (Wildman–Crippen MR) is 98.0 cm³/mol. The van der Waals surface area contributed by atoms with Crippen LogP contribution < -0.4 is 11.3 Å². The van der Waals surface area contributed by atoms with Crippen molar-refractivity contribution in [2.75, 3.05) is 0 Å². The van der Waals surface area contributed by atoms with Crippen LogP contribution in [0.2, 0.25) is 0 Å². The first kappa shape index (κ1) is 17.2. The summed E-state index contributed by atoms with van der Waals surface area (Å²) >= 11 is 0. The van der Waals surface area contributed by atoms with Crippen molar-refractivity contribution in [2.45, 2.75) is 26.9 Å². The normalized spacial score (nSPS) is 11.4. The Morgan fingerprint density at radius 3 is 2.40 bits per heavy atom. The van der Waals surface area contributed by atoms with Gasteiger partial charge in [-0.3, -0.25) is 4.79 Å². The minimum Gasteiger partial charge on any atom is -0.508 e. The molecule has 0 amide bonds. The van der Waals surface area contributed by atoms with Crippen molar-refractivity contribution in [2.24, 2.45) is 11.7 Å². The molecule has 130 valence electrons. The van der Waals surface area contributed by atoms with E-state index in [4.69, 9.17) is 5.73 Å². The number of fused-ring (bicyclic) bond motifs is 1. The van der Waals surface area contributed by atoms with E-state index in [2.05, 4.69) is 0 Å². The van der Waals surface area contributed by atoms with Gasteiger partial charge in [-0.15, -0.1) is 0 Å². The van der Waals surface area contributed by atoms with Crippen LogP contribution in [-0.2, 0) is 13.1 Å². The van der Waals surface area contributed by atoms with Gasteiger partial charge in [-0.25, -0.2) is 4.39 Å². The number of hydrogen-bond donors (Lipinski definition) is 2. The molecule has 25 heavy (non-hydrogen) atoms. The molecule has 0 aliphatic heterocycles. The molecule has 0 saturated heterocycles. The summed E-state index contributed by atoms with van der Waals surface area (Å²) in [6.45, 7) is 4.77. The summed E-state index contributed by atoms with van der Waals surface area (Å²) in [5.74, 6) is -0.000760. The molecule has 1 heterocycles. The van der Waals surface area contributed by atoms with E-state index in [1.165, 1.54) is 18.2 Å². The molecule has 5 heteroatoms.